The van der Waals surface area contributed by atoms with Crippen LogP contribution in [-0.4, -0.2) is 22.5 Å². The summed E-state index contributed by atoms with van der Waals surface area (Å²) in [5, 5.41) is 9.03. The van der Waals surface area contributed by atoms with Gasteiger partial charge < -0.3 is 9.84 Å². The number of carboxylic acid groups (broad SMARTS) is 1. The number of rotatable bonds is 4. The molecule has 1 heterocycles. The Balaban J connectivity index is 2.05. The third kappa shape index (κ3) is 2.88. The quantitative estimate of drug-likeness (QED) is 0.695. The fourth-order valence-corrected chi connectivity index (χ4v) is 2.97. The maximum atomic E-state index is 11.0. The fourth-order valence-electron chi connectivity index (χ4n) is 2.68. The Labute approximate surface area is 134 Å². The molecular weight excluding hydrogens is 296 g/mol. The van der Waals surface area contributed by atoms with Crippen molar-refractivity contribution in [3.05, 3.63) is 64.2 Å². The molecule has 0 atom stereocenters. The molecule has 22 heavy (non-hydrogen) atoms. The van der Waals surface area contributed by atoms with Gasteiger partial charge in [-0.3, -0.25) is 4.79 Å². The molecule has 0 aromatic heterocycles. The van der Waals surface area contributed by atoms with Crippen LogP contribution in [0, 0.1) is 6.92 Å². The van der Waals surface area contributed by atoms with Crippen molar-refractivity contribution in [1.29, 1.82) is 0 Å². The van der Waals surface area contributed by atoms with Gasteiger partial charge >= 0.3 is 5.97 Å². The molecule has 4 heteroatoms. The fraction of sp³-hybridized carbons (Fsp3) is 0.222. The van der Waals surface area contributed by atoms with Crippen molar-refractivity contribution >= 4 is 23.1 Å². The van der Waals surface area contributed by atoms with Gasteiger partial charge in [0.25, 0.3) is 0 Å². The van der Waals surface area contributed by atoms with E-state index in [1.807, 2.05) is 43.3 Å². The van der Waals surface area contributed by atoms with E-state index in [-0.39, 0.29) is 6.42 Å². The van der Waals surface area contributed by atoms with Gasteiger partial charge in [0.1, 0.15) is 5.75 Å². The van der Waals surface area contributed by atoms with Crippen LogP contribution in [0.3, 0.4) is 0 Å². The predicted octanol–water partition coefficient (Wildman–Crippen LogP) is 3.32. The van der Waals surface area contributed by atoms with E-state index in [2.05, 4.69) is 0 Å². The van der Waals surface area contributed by atoms with Crippen LogP contribution in [0.25, 0.3) is 0 Å². The van der Waals surface area contributed by atoms with Gasteiger partial charge in [0.2, 0.25) is 0 Å². The molecule has 0 fully saturated rings. The van der Waals surface area contributed by atoms with Crippen molar-refractivity contribution in [2.45, 2.75) is 19.8 Å². The number of hydrogen-bond donors (Lipinski definition) is 1. The van der Waals surface area contributed by atoms with Crippen molar-refractivity contribution in [3.8, 4) is 5.75 Å². The summed E-state index contributed by atoms with van der Waals surface area (Å²) in [6.07, 6.45) is 0.795. The molecule has 112 valence electrons. The molecule has 0 unspecified atom stereocenters. The summed E-state index contributed by atoms with van der Waals surface area (Å²) in [4.78, 5) is 11.7. The third-order valence-corrected chi connectivity index (χ3v) is 4.21. The third-order valence-electron chi connectivity index (χ3n) is 3.76. The van der Waals surface area contributed by atoms with Gasteiger partial charge in [0.05, 0.1) is 17.9 Å². The first-order valence-corrected chi connectivity index (χ1v) is 7.57. The Kier molecular flexibility index (Phi) is 3.94. The maximum absolute atomic E-state index is 11.0. The SMILES string of the molecule is Cc1ccc(C(=S)c2cc(CC(=O)O)cc3c2OCC3)cc1. The van der Waals surface area contributed by atoms with Crippen LogP contribution in [0.15, 0.2) is 36.4 Å². The zero-order chi connectivity index (χ0) is 15.7. The molecule has 3 nitrogen and oxygen atoms in total. The van der Waals surface area contributed by atoms with Gasteiger partial charge in [-0.25, -0.2) is 0 Å². The predicted molar refractivity (Wildman–Crippen MR) is 89.0 cm³/mol. The monoisotopic (exact) mass is 312 g/mol. The number of ether oxygens (including phenoxy) is 1. The largest absolute Gasteiger partial charge is 0.492 e. The molecule has 0 amide bonds. The minimum Gasteiger partial charge on any atom is -0.492 e. The van der Waals surface area contributed by atoms with Gasteiger partial charge in [-0.2, -0.15) is 0 Å². The van der Waals surface area contributed by atoms with Crippen molar-refractivity contribution in [2.75, 3.05) is 6.61 Å². The topological polar surface area (TPSA) is 46.5 Å². The molecule has 0 spiro atoms. The number of aryl methyl sites for hydroxylation is 1. The van der Waals surface area contributed by atoms with Crippen LogP contribution in [0.5, 0.6) is 5.75 Å². The normalized spacial score (nSPS) is 12.6. The standard InChI is InChI=1S/C18H16O3S/c1-11-2-4-13(5-3-11)18(22)15-9-12(10-16(19)20)8-14-6-7-21-17(14)15/h2-5,8-9H,6-7,10H2,1H3,(H,19,20). The van der Waals surface area contributed by atoms with E-state index in [1.54, 1.807) is 0 Å². The van der Waals surface area contributed by atoms with Crippen LogP contribution in [0.2, 0.25) is 0 Å². The lowest BCUT2D eigenvalue weighted by Gasteiger charge is -2.12. The van der Waals surface area contributed by atoms with Crippen LogP contribution in [0.1, 0.15) is 27.8 Å². The van der Waals surface area contributed by atoms with Crippen molar-refractivity contribution in [2.24, 2.45) is 0 Å². The number of aliphatic carboxylic acids is 1. The average Bonchev–Trinajstić information content (AvgIpc) is 2.94. The number of thiocarbonyl (C=S) groups is 1. The second-order valence-electron chi connectivity index (χ2n) is 5.50. The van der Waals surface area contributed by atoms with E-state index < -0.39 is 5.97 Å². The van der Waals surface area contributed by atoms with Crippen LogP contribution in [-0.2, 0) is 17.6 Å². The van der Waals surface area contributed by atoms with Crippen LogP contribution < -0.4 is 4.74 Å². The lowest BCUT2D eigenvalue weighted by atomic mass is 9.96. The highest BCUT2D eigenvalue weighted by Crippen LogP contribution is 2.33. The highest BCUT2D eigenvalue weighted by Gasteiger charge is 2.21. The van der Waals surface area contributed by atoms with Gasteiger partial charge in [-0.15, -0.1) is 0 Å². The zero-order valence-corrected chi connectivity index (χ0v) is 13.1. The van der Waals surface area contributed by atoms with Gasteiger partial charge in [-0.1, -0.05) is 48.1 Å². The first-order chi connectivity index (χ1) is 10.5. The molecule has 2 aromatic carbocycles. The van der Waals surface area contributed by atoms with Crippen molar-refractivity contribution in [3.63, 3.8) is 0 Å². The molecular formula is C18H16O3S. The number of benzene rings is 2. The van der Waals surface area contributed by atoms with Crippen molar-refractivity contribution in [1.82, 2.24) is 0 Å². The summed E-state index contributed by atoms with van der Waals surface area (Å²) in [5.41, 5.74) is 4.76. The Morgan fingerprint density at radius 3 is 2.68 bits per heavy atom. The number of hydrogen-bond acceptors (Lipinski definition) is 3. The zero-order valence-electron chi connectivity index (χ0n) is 12.3. The second-order valence-corrected chi connectivity index (χ2v) is 5.90. The Morgan fingerprint density at radius 2 is 2.00 bits per heavy atom. The van der Waals surface area contributed by atoms with E-state index in [9.17, 15) is 4.79 Å². The number of carboxylic acids is 1. The minimum absolute atomic E-state index is 0.00318. The van der Waals surface area contributed by atoms with Gasteiger partial charge in [0, 0.05) is 12.0 Å². The molecule has 0 saturated heterocycles. The average molecular weight is 312 g/mol. The van der Waals surface area contributed by atoms with E-state index in [0.717, 1.165) is 34.4 Å². The molecule has 1 aliphatic heterocycles. The number of carbonyl (C=O) groups is 1. The Morgan fingerprint density at radius 1 is 1.27 bits per heavy atom. The van der Waals surface area contributed by atoms with E-state index >= 15 is 0 Å². The Bertz CT molecular complexity index is 748. The molecule has 1 aliphatic rings. The van der Waals surface area contributed by atoms with Crippen LogP contribution >= 0.6 is 12.2 Å². The lowest BCUT2D eigenvalue weighted by molar-refractivity contribution is -0.136. The molecule has 0 aliphatic carbocycles. The minimum atomic E-state index is -0.842. The summed E-state index contributed by atoms with van der Waals surface area (Å²) in [6.45, 7) is 2.65. The first kappa shape index (κ1) is 14.7. The van der Waals surface area contributed by atoms with E-state index in [1.165, 1.54) is 5.56 Å². The molecule has 0 saturated carbocycles. The van der Waals surface area contributed by atoms with Gasteiger partial charge in [0.15, 0.2) is 0 Å². The summed E-state index contributed by atoms with van der Waals surface area (Å²) < 4.78 is 5.72. The summed E-state index contributed by atoms with van der Waals surface area (Å²) >= 11 is 5.62. The molecule has 1 N–H and O–H groups in total. The lowest BCUT2D eigenvalue weighted by Crippen LogP contribution is -2.06. The second kappa shape index (κ2) is 5.89. The smallest absolute Gasteiger partial charge is 0.307 e. The highest BCUT2D eigenvalue weighted by atomic mass is 32.1. The highest BCUT2D eigenvalue weighted by molar-refractivity contribution is 7.81. The summed E-state index contributed by atoms with van der Waals surface area (Å²) in [6, 6.07) is 11.8. The van der Waals surface area contributed by atoms with Gasteiger partial charge in [-0.05, 0) is 29.7 Å². The Hall–Kier alpha value is -2.20. The van der Waals surface area contributed by atoms with Crippen molar-refractivity contribution < 1.29 is 14.6 Å². The van der Waals surface area contributed by atoms with E-state index in [0.29, 0.717) is 11.5 Å². The summed E-state index contributed by atoms with van der Waals surface area (Å²) in [5.74, 6) is -0.0363. The summed E-state index contributed by atoms with van der Waals surface area (Å²) in [7, 11) is 0. The molecule has 2 aromatic rings. The molecule has 0 bridgehead atoms. The molecule has 0 radical (unpaired) electrons. The van der Waals surface area contributed by atoms with Crippen LogP contribution in [0.4, 0.5) is 0 Å². The first-order valence-electron chi connectivity index (χ1n) is 7.16. The molecule has 3 rings (SSSR count). The van der Waals surface area contributed by atoms with E-state index in [4.69, 9.17) is 22.1 Å². The number of fused-ring (bicyclic) bond motifs is 1. The maximum Gasteiger partial charge on any atom is 0.307 e.